The van der Waals surface area contributed by atoms with Crippen LogP contribution in [0.5, 0.6) is 0 Å². The molecule has 1 aromatic carbocycles. The molecule has 1 heterocycles. The Morgan fingerprint density at radius 2 is 1.75 bits per heavy atom. The summed E-state index contributed by atoms with van der Waals surface area (Å²) in [6.45, 7) is 3.55. The number of hydrogen-bond acceptors (Lipinski definition) is 2. The second-order valence-corrected chi connectivity index (χ2v) is 5.29. The second kappa shape index (κ2) is 6.91. The van der Waals surface area contributed by atoms with Gasteiger partial charge < -0.3 is 4.90 Å². The quantitative estimate of drug-likeness (QED) is 0.610. The number of rotatable bonds is 2. The van der Waals surface area contributed by atoms with E-state index >= 15 is 0 Å². The Bertz CT molecular complexity index is 529. The summed E-state index contributed by atoms with van der Waals surface area (Å²) in [5.74, 6) is -0.130. The van der Waals surface area contributed by atoms with Crippen LogP contribution in [-0.2, 0) is 4.79 Å². The van der Waals surface area contributed by atoms with Crippen molar-refractivity contribution in [1.82, 2.24) is 4.90 Å². The van der Waals surface area contributed by atoms with E-state index in [2.05, 4.69) is 6.07 Å². The Morgan fingerprint density at radius 3 is 2.30 bits per heavy atom. The van der Waals surface area contributed by atoms with Crippen molar-refractivity contribution >= 4 is 12.0 Å². The van der Waals surface area contributed by atoms with Crippen LogP contribution in [0.1, 0.15) is 36.8 Å². The van der Waals surface area contributed by atoms with Gasteiger partial charge in [0.15, 0.2) is 0 Å². The number of carbonyl (C=O) groups excluding carboxylic acids is 1. The van der Waals surface area contributed by atoms with Gasteiger partial charge >= 0.3 is 0 Å². The van der Waals surface area contributed by atoms with Crippen molar-refractivity contribution in [2.24, 2.45) is 0 Å². The van der Waals surface area contributed by atoms with E-state index < -0.39 is 0 Å². The lowest BCUT2D eigenvalue weighted by Gasteiger charge is -2.19. The number of hydrogen-bond donors (Lipinski definition) is 0. The zero-order valence-corrected chi connectivity index (χ0v) is 11.9. The Labute approximate surface area is 120 Å². The first-order valence-electron chi connectivity index (χ1n) is 7.18. The molecule has 0 spiro atoms. The molecule has 0 atom stereocenters. The van der Waals surface area contributed by atoms with Crippen LogP contribution in [0.2, 0.25) is 0 Å². The summed E-state index contributed by atoms with van der Waals surface area (Å²) in [7, 11) is 0. The maximum Gasteiger partial charge on any atom is 0.264 e. The van der Waals surface area contributed by atoms with E-state index in [-0.39, 0.29) is 11.5 Å². The third-order valence-electron chi connectivity index (χ3n) is 3.63. The van der Waals surface area contributed by atoms with Crippen LogP contribution in [0.15, 0.2) is 29.8 Å². The van der Waals surface area contributed by atoms with Crippen molar-refractivity contribution in [3.8, 4) is 6.07 Å². The third-order valence-corrected chi connectivity index (χ3v) is 3.63. The maximum absolute atomic E-state index is 12.4. The third kappa shape index (κ3) is 3.71. The highest BCUT2D eigenvalue weighted by molar-refractivity contribution is 6.01. The summed E-state index contributed by atoms with van der Waals surface area (Å²) in [5.41, 5.74) is 2.30. The number of nitrogens with zero attached hydrogens (tertiary/aromatic N) is 2. The van der Waals surface area contributed by atoms with Gasteiger partial charge in [-0.05, 0) is 31.4 Å². The fourth-order valence-corrected chi connectivity index (χ4v) is 2.42. The average Bonchev–Trinajstić information content (AvgIpc) is 2.75. The average molecular weight is 268 g/mol. The zero-order chi connectivity index (χ0) is 14.4. The van der Waals surface area contributed by atoms with E-state index in [9.17, 15) is 10.1 Å². The van der Waals surface area contributed by atoms with Gasteiger partial charge in [0.1, 0.15) is 11.6 Å². The largest absolute Gasteiger partial charge is 0.338 e. The molecule has 20 heavy (non-hydrogen) atoms. The van der Waals surface area contributed by atoms with Crippen LogP contribution in [0.3, 0.4) is 0 Å². The van der Waals surface area contributed by atoms with Gasteiger partial charge in [-0.2, -0.15) is 5.26 Å². The van der Waals surface area contributed by atoms with Gasteiger partial charge in [-0.25, -0.2) is 0 Å². The smallest absolute Gasteiger partial charge is 0.264 e. The van der Waals surface area contributed by atoms with Gasteiger partial charge in [0, 0.05) is 13.1 Å². The molecule has 0 bridgehead atoms. The molecule has 2 rings (SSSR count). The van der Waals surface area contributed by atoms with Crippen LogP contribution < -0.4 is 0 Å². The zero-order valence-electron chi connectivity index (χ0n) is 11.9. The van der Waals surface area contributed by atoms with Gasteiger partial charge in [-0.15, -0.1) is 0 Å². The number of benzene rings is 1. The molecule has 1 fully saturated rings. The minimum absolute atomic E-state index is 0.130. The minimum Gasteiger partial charge on any atom is -0.338 e. The van der Waals surface area contributed by atoms with E-state index in [4.69, 9.17) is 0 Å². The monoisotopic (exact) mass is 268 g/mol. The summed E-state index contributed by atoms with van der Waals surface area (Å²) < 4.78 is 0. The Hall–Kier alpha value is -2.08. The first-order chi connectivity index (χ1) is 9.70. The van der Waals surface area contributed by atoms with Crippen molar-refractivity contribution in [3.05, 3.63) is 41.0 Å². The lowest BCUT2D eigenvalue weighted by molar-refractivity contribution is -0.126. The van der Waals surface area contributed by atoms with Crippen LogP contribution in [0.25, 0.3) is 6.08 Å². The van der Waals surface area contributed by atoms with Crippen molar-refractivity contribution < 1.29 is 4.79 Å². The van der Waals surface area contributed by atoms with E-state index in [1.807, 2.05) is 36.1 Å². The summed E-state index contributed by atoms with van der Waals surface area (Å²) in [4.78, 5) is 14.2. The fourth-order valence-electron chi connectivity index (χ4n) is 2.42. The first kappa shape index (κ1) is 14.3. The van der Waals surface area contributed by atoms with Crippen molar-refractivity contribution in [1.29, 1.82) is 5.26 Å². The van der Waals surface area contributed by atoms with E-state index in [0.29, 0.717) is 0 Å². The SMILES string of the molecule is Cc1ccc(/C=C(/C#N)C(=O)N2CCCCCC2)cc1. The Balaban J connectivity index is 2.16. The lowest BCUT2D eigenvalue weighted by Crippen LogP contribution is -2.32. The van der Waals surface area contributed by atoms with Gasteiger partial charge in [0.2, 0.25) is 0 Å². The molecule has 1 aromatic rings. The van der Waals surface area contributed by atoms with Gasteiger partial charge in [0.05, 0.1) is 0 Å². The van der Waals surface area contributed by atoms with Gasteiger partial charge in [0.25, 0.3) is 5.91 Å². The summed E-state index contributed by atoms with van der Waals surface area (Å²) in [6, 6.07) is 9.89. The molecule has 1 aliphatic rings. The maximum atomic E-state index is 12.4. The molecule has 0 saturated carbocycles. The molecule has 0 unspecified atom stereocenters. The summed E-state index contributed by atoms with van der Waals surface area (Å²) >= 11 is 0. The van der Waals surface area contributed by atoms with Crippen molar-refractivity contribution in [3.63, 3.8) is 0 Å². The minimum atomic E-state index is -0.130. The number of amides is 1. The van der Waals surface area contributed by atoms with Crippen molar-refractivity contribution in [2.45, 2.75) is 32.6 Å². The molecule has 0 aromatic heterocycles. The topological polar surface area (TPSA) is 44.1 Å². The molecule has 3 heteroatoms. The molecule has 0 N–H and O–H groups in total. The van der Waals surface area contributed by atoms with Gasteiger partial charge in [-0.3, -0.25) is 4.79 Å². The number of carbonyl (C=O) groups is 1. The first-order valence-corrected chi connectivity index (χ1v) is 7.18. The van der Waals surface area contributed by atoms with Crippen molar-refractivity contribution in [2.75, 3.05) is 13.1 Å². The van der Waals surface area contributed by atoms with Crippen LogP contribution in [-0.4, -0.2) is 23.9 Å². The van der Waals surface area contributed by atoms with E-state index in [0.717, 1.165) is 31.5 Å². The molecule has 0 radical (unpaired) electrons. The molecule has 0 aliphatic carbocycles. The van der Waals surface area contributed by atoms with Gasteiger partial charge in [-0.1, -0.05) is 42.7 Å². The summed E-state index contributed by atoms with van der Waals surface area (Å²) in [5, 5.41) is 9.25. The van der Waals surface area contributed by atoms with Crippen LogP contribution in [0, 0.1) is 18.3 Å². The molecular weight excluding hydrogens is 248 g/mol. The number of nitriles is 1. The van der Waals surface area contributed by atoms with Crippen LogP contribution in [0.4, 0.5) is 0 Å². The highest BCUT2D eigenvalue weighted by Gasteiger charge is 2.19. The van der Waals surface area contributed by atoms with E-state index in [1.165, 1.54) is 18.4 Å². The predicted octanol–water partition coefficient (Wildman–Crippen LogP) is 3.30. The second-order valence-electron chi connectivity index (χ2n) is 5.29. The van der Waals surface area contributed by atoms with E-state index in [1.54, 1.807) is 6.08 Å². The Kier molecular flexibility index (Phi) is 4.95. The number of likely N-dealkylation sites (tertiary alicyclic amines) is 1. The molecule has 1 saturated heterocycles. The molecular formula is C17H20N2O. The highest BCUT2D eigenvalue weighted by atomic mass is 16.2. The molecule has 3 nitrogen and oxygen atoms in total. The molecule has 1 amide bonds. The molecule has 104 valence electrons. The fraction of sp³-hybridized carbons (Fsp3) is 0.412. The highest BCUT2D eigenvalue weighted by Crippen LogP contribution is 2.15. The standard InChI is InChI=1S/C17H20N2O/c1-14-6-8-15(9-7-14)12-16(13-18)17(20)19-10-4-2-3-5-11-19/h6-9,12H,2-5,10-11H2,1H3/b16-12-. The lowest BCUT2D eigenvalue weighted by atomic mass is 10.1. The predicted molar refractivity (Wildman–Crippen MR) is 79.8 cm³/mol. The normalized spacial score (nSPS) is 16.4. The molecule has 1 aliphatic heterocycles. The summed E-state index contributed by atoms with van der Waals surface area (Å²) in [6.07, 6.45) is 6.11. The van der Waals surface area contributed by atoms with Crippen LogP contribution >= 0.6 is 0 Å². The number of aryl methyl sites for hydroxylation is 1. The Morgan fingerprint density at radius 1 is 1.15 bits per heavy atom.